The van der Waals surface area contributed by atoms with E-state index in [1.807, 2.05) is 20.8 Å². The van der Waals surface area contributed by atoms with Crippen LogP contribution in [0.25, 0.3) is 0 Å². The first-order valence-corrected chi connectivity index (χ1v) is 13.1. The molecular formula is C27H40N6O6. The Morgan fingerprint density at radius 1 is 0.897 bits per heavy atom. The molecule has 12 heteroatoms. The second-order valence-corrected chi connectivity index (χ2v) is 9.90. The number of H-pyrrole nitrogens is 1. The van der Waals surface area contributed by atoms with Gasteiger partial charge >= 0.3 is 5.97 Å². The lowest BCUT2D eigenvalue weighted by atomic mass is 9.97. The summed E-state index contributed by atoms with van der Waals surface area (Å²) in [5, 5.41) is 27.2. The minimum atomic E-state index is -1.18. The molecule has 1 aromatic heterocycles. The summed E-state index contributed by atoms with van der Waals surface area (Å²) in [5.74, 6) is -3.46. The molecule has 2 rings (SSSR count). The average Bonchev–Trinajstić information content (AvgIpc) is 3.43. The zero-order valence-electron chi connectivity index (χ0n) is 22.8. The molecule has 2 aromatic rings. The van der Waals surface area contributed by atoms with E-state index in [4.69, 9.17) is 5.73 Å². The van der Waals surface area contributed by atoms with E-state index in [0.29, 0.717) is 24.1 Å². The van der Waals surface area contributed by atoms with Crippen molar-refractivity contribution in [3.8, 4) is 5.75 Å². The van der Waals surface area contributed by atoms with Gasteiger partial charge in [0.2, 0.25) is 17.7 Å². The minimum absolute atomic E-state index is 0.0106. The smallest absolute Gasteiger partial charge is 0.326 e. The van der Waals surface area contributed by atoms with Crippen LogP contribution in [0.2, 0.25) is 0 Å². The van der Waals surface area contributed by atoms with Crippen molar-refractivity contribution in [1.82, 2.24) is 25.9 Å². The van der Waals surface area contributed by atoms with Gasteiger partial charge in [0.25, 0.3) is 0 Å². The van der Waals surface area contributed by atoms with Gasteiger partial charge in [-0.15, -0.1) is 0 Å². The number of phenolic OH excluding ortho intramolecular Hbond substituents is 1. The van der Waals surface area contributed by atoms with Gasteiger partial charge in [0.05, 0.1) is 12.4 Å². The number of carbonyl (C=O) groups is 4. The number of imidazole rings is 1. The van der Waals surface area contributed by atoms with E-state index in [9.17, 15) is 29.4 Å². The molecule has 6 atom stereocenters. The molecule has 3 amide bonds. The van der Waals surface area contributed by atoms with Crippen LogP contribution in [0.15, 0.2) is 36.8 Å². The average molecular weight is 545 g/mol. The van der Waals surface area contributed by atoms with Crippen LogP contribution in [0.3, 0.4) is 0 Å². The number of aromatic nitrogens is 2. The zero-order valence-corrected chi connectivity index (χ0v) is 22.8. The van der Waals surface area contributed by atoms with Crippen LogP contribution in [0.4, 0.5) is 0 Å². The summed E-state index contributed by atoms with van der Waals surface area (Å²) in [6.45, 7) is 7.27. The summed E-state index contributed by atoms with van der Waals surface area (Å²) >= 11 is 0. The van der Waals surface area contributed by atoms with Gasteiger partial charge in [-0.2, -0.15) is 0 Å². The normalized spacial score (nSPS) is 15.7. The lowest BCUT2D eigenvalue weighted by Gasteiger charge is -2.27. The molecule has 1 aromatic carbocycles. The largest absolute Gasteiger partial charge is 0.508 e. The third kappa shape index (κ3) is 9.40. The third-order valence-corrected chi connectivity index (χ3v) is 6.96. The molecule has 0 aliphatic carbocycles. The van der Waals surface area contributed by atoms with Gasteiger partial charge in [-0.3, -0.25) is 14.4 Å². The Hall–Kier alpha value is -3.93. The number of rotatable bonds is 15. The Labute approximate surface area is 228 Å². The molecule has 0 bridgehead atoms. The lowest BCUT2D eigenvalue weighted by Crippen LogP contribution is -2.59. The molecule has 0 aliphatic rings. The molecule has 6 unspecified atom stereocenters. The van der Waals surface area contributed by atoms with Gasteiger partial charge in [0.1, 0.15) is 23.9 Å². The molecular weight excluding hydrogens is 504 g/mol. The maximum Gasteiger partial charge on any atom is 0.326 e. The monoisotopic (exact) mass is 544 g/mol. The highest BCUT2D eigenvalue weighted by atomic mass is 16.4. The van der Waals surface area contributed by atoms with Crippen molar-refractivity contribution in [2.24, 2.45) is 17.6 Å². The molecule has 0 saturated carbocycles. The number of hydrogen-bond acceptors (Lipinski definition) is 7. The molecule has 1 heterocycles. The number of nitrogens with one attached hydrogen (secondary N) is 4. The Bertz CT molecular complexity index is 1090. The molecule has 12 nitrogen and oxygen atoms in total. The summed E-state index contributed by atoms with van der Waals surface area (Å²) in [6.07, 6.45) is 4.18. The number of nitrogens with zero attached hydrogens (tertiary/aromatic N) is 1. The molecule has 39 heavy (non-hydrogen) atoms. The number of aliphatic carboxylic acids is 1. The minimum Gasteiger partial charge on any atom is -0.508 e. The number of phenols is 1. The van der Waals surface area contributed by atoms with Crippen LogP contribution in [0.1, 0.15) is 51.8 Å². The predicted molar refractivity (Wildman–Crippen MR) is 144 cm³/mol. The molecule has 8 N–H and O–H groups in total. The van der Waals surface area contributed by atoms with E-state index in [0.717, 1.165) is 0 Å². The first-order chi connectivity index (χ1) is 18.5. The van der Waals surface area contributed by atoms with E-state index in [1.165, 1.54) is 24.7 Å². The Morgan fingerprint density at radius 3 is 2.00 bits per heavy atom. The summed E-state index contributed by atoms with van der Waals surface area (Å²) in [7, 11) is 0. The van der Waals surface area contributed by atoms with Crippen molar-refractivity contribution in [3.05, 3.63) is 48.0 Å². The highest BCUT2D eigenvalue weighted by Crippen LogP contribution is 2.13. The molecule has 0 spiro atoms. The van der Waals surface area contributed by atoms with Gasteiger partial charge < -0.3 is 36.9 Å². The number of aromatic amines is 1. The summed E-state index contributed by atoms with van der Waals surface area (Å²) in [6, 6.07) is 1.92. The number of amides is 3. The van der Waals surface area contributed by atoms with E-state index in [1.54, 1.807) is 19.1 Å². The molecule has 214 valence electrons. The Morgan fingerprint density at radius 2 is 1.46 bits per heavy atom. The SMILES string of the molecule is CCC(C)C(N)C(=O)NC(Cc1ccc(O)cc1)C(=O)NC(Cc1cnc[nH]1)C(=O)NC(C(=O)O)C(C)CC. The number of aromatic hydroxyl groups is 1. The van der Waals surface area contributed by atoms with Crippen molar-refractivity contribution < 1.29 is 29.4 Å². The summed E-state index contributed by atoms with van der Waals surface area (Å²) < 4.78 is 0. The first-order valence-electron chi connectivity index (χ1n) is 13.1. The van der Waals surface area contributed by atoms with Gasteiger partial charge in [0.15, 0.2) is 0 Å². The van der Waals surface area contributed by atoms with Gasteiger partial charge in [-0.05, 0) is 29.5 Å². The van der Waals surface area contributed by atoms with Gasteiger partial charge in [-0.25, -0.2) is 9.78 Å². The van der Waals surface area contributed by atoms with Crippen LogP contribution in [0.5, 0.6) is 5.75 Å². The van der Waals surface area contributed by atoms with Crippen molar-refractivity contribution in [1.29, 1.82) is 0 Å². The number of carboxylic acids is 1. The fourth-order valence-electron chi connectivity index (χ4n) is 3.89. The fraction of sp³-hybridized carbons (Fsp3) is 0.519. The second-order valence-electron chi connectivity index (χ2n) is 9.90. The third-order valence-electron chi connectivity index (χ3n) is 6.96. The van der Waals surface area contributed by atoms with E-state index in [2.05, 4.69) is 25.9 Å². The van der Waals surface area contributed by atoms with Crippen LogP contribution in [-0.4, -0.2) is 68.0 Å². The Balaban J connectivity index is 2.31. The summed E-state index contributed by atoms with van der Waals surface area (Å²) in [4.78, 5) is 58.3. The quantitative estimate of drug-likeness (QED) is 0.171. The van der Waals surface area contributed by atoms with E-state index in [-0.39, 0.29) is 30.4 Å². The number of hydrogen-bond donors (Lipinski definition) is 7. The van der Waals surface area contributed by atoms with Crippen LogP contribution in [0, 0.1) is 11.8 Å². The second kappa shape index (κ2) is 14.9. The zero-order chi connectivity index (χ0) is 29.1. The molecule has 0 radical (unpaired) electrons. The van der Waals surface area contributed by atoms with Crippen LogP contribution >= 0.6 is 0 Å². The number of benzene rings is 1. The number of nitrogens with two attached hydrogens (primary N) is 1. The van der Waals surface area contributed by atoms with Gasteiger partial charge in [0, 0.05) is 24.7 Å². The maximum absolute atomic E-state index is 13.5. The molecule has 0 aliphatic heterocycles. The lowest BCUT2D eigenvalue weighted by molar-refractivity contribution is -0.143. The fourth-order valence-corrected chi connectivity index (χ4v) is 3.89. The standard InChI is InChI=1S/C27H40N6O6/c1-5-15(3)22(28)26(37)32-20(11-17-7-9-19(34)10-8-17)24(35)31-21(12-18-13-29-14-30-18)25(36)33-23(27(38)39)16(4)6-2/h7-10,13-16,20-23,34H,5-6,11-12,28H2,1-4H3,(H,29,30)(H,31,35)(H,32,37)(H,33,36)(H,38,39). The Kier molecular flexibility index (Phi) is 11.9. The van der Waals surface area contributed by atoms with Crippen molar-refractivity contribution >= 4 is 23.7 Å². The first kappa shape index (κ1) is 31.3. The van der Waals surface area contributed by atoms with Crippen molar-refractivity contribution in [3.63, 3.8) is 0 Å². The van der Waals surface area contributed by atoms with Crippen LogP contribution < -0.4 is 21.7 Å². The number of carbonyl (C=O) groups excluding carboxylic acids is 3. The maximum atomic E-state index is 13.5. The van der Waals surface area contributed by atoms with E-state index < -0.39 is 47.9 Å². The molecule has 0 fully saturated rings. The van der Waals surface area contributed by atoms with Crippen molar-refractivity contribution in [2.45, 2.75) is 77.5 Å². The summed E-state index contributed by atoms with van der Waals surface area (Å²) in [5.41, 5.74) is 7.29. The molecule has 0 saturated heterocycles. The highest BCUT2D eigenvalue weighted by Gasteiger charge is 2.33. The number of carboxylic acid groups (broad SMARTS) is 1. The van der Waals surface area contributed by atoms with Gasteiger partial charge in [-0.1, -0.05) is 52.7 Å². The van der Waals surface area contributed by atoms with E-state index >= 15 is 0 Å². The van der Waals surface area contributed by atoms with Crippen molar-refractivity contribution in [2.75, 3.05) is 0 Å². The highest BCUT2D eigenvalue weighted by molar-refractivity contribution is 5.94. The van der Waals surface area contributed by atoms with Crippen LogP contribution in [-0.2, 0) is 32.0 Å². The predicted octanol–water partition coefficient (Wildman–Crippen LogP) is 0.859. The topological polar surface area (TPSA) is 200 Å².